The average Bonchev–Trinajstić information content (AvgIpc) is 2.83. The minimum absolute atomic E-state index is 0.360. The van der Waals surface area contributed by atoms with E-state index >= 15 is 0 Å². The largest absolute Gasteiger partial charge is 0.380 e. The summed E-state index contributed by atoms with van der Waals surface area (Å²) in [6.45, 7) is 4.00. The van der Waals surface area contributed by atoms with Gasteiger partial charge >= 0.3 is 0 Å². The molecule has 0 radical (unpaired) electrons. The summed E-state index contributed by atoms with van der Waals surface area (Å²) in [5, 5.41) is 7.55. The Bertz CT molecular complexity index is 649. The van der Waals surface area contributed by atoms with Gasteiger partial charge in [0.15, 0.2) is 5.82 Å². The zero-order valence-corrected chi connectivity index (χ0v) is 10.9. The fourth-order valence-electron chi connectivity index (χ4n) is 1.59. The monoisotopic (exact) mass is 256 g/mol. The van der Waals surface area contributed by atoms with E-state index < -0.39 is 0 Å². The summed E-state index contributed by atoms with van der Waals surface area (Å²) in [5.41, 5.74) is 7.01. The lowest BCUT2D eigenvalue weighted by molar-refractivity contribution is 0.453. The van der Waals surface area contributed by atoms with Gasteiger partial charge in [0.1, 0.15) is 5.82 Å². The van der Waals surface area contributed by atoms with Crippen molar-refractivity contribution in [3.8, 4) is 0 Å². The van der Waals surface area contributed by atoms with E-state index in [1.54, 1.807) is 0 Å². The lowest BCUT2D eigenvalue weighted by Crippen LogP contribution is -1.92. The van der Waals surface area contributed by atoms with Crippen molar-refractivity contribution in [3.63, 3.8) is 0 Å². The van der Waals surface area contributed by atoms with E-state index in [0.717, 1.165) is 11.1 Å². The summed E-state index contributed by atoms with van der Waals surface area (Å²) >= 11 is 0. The Hall–Kier alpha value is -2.56. The van der Waals surface area contributed by atoms with Gasteiger partial charge < -0.3 is 15.6 Å². The number of rotatable bonds is 2. The predicted molar refractivity (Wildman–Crippen MR) is 77.3 cm³/mol. The number of hydrogen-bond acceptors (Lipinski definition) is 5. The zero-order valence-electron chi connectivity index (χ0n) is 10.9. The highest BCUT2D eigenvalue weighted by Gasteiger charge is 2.06. The molecule has 0 saturated heterocycles. The number of nitrogens with two attached hydrogens (primary N) is 1. The third-order valence-electron chi connectivity index (χ3n) is 2.41. The smallest absolute Gasteiger partial charge is 0.261 e. The fourth-order valence-corrected chi connectivity index (χ4v) is 1.59. The first-order valence-corrected chi connectivity index (χ1v) is 6.17. The van der Waals surface area contributed by atoms with E-state index in [9.17, 15) is 0 Å². The van der Waals surface area contributed by atoms with Crippen LogP contribution in [0.4, 0.5) is 17.3 Å². The number of pyridine rings is 1. The normalized spacial score (nSPS) is 9.79. The van der Waals surface area contributed by atoms with Crippen LogP contribution in [0.15, 0.2) is 47.0 Å². The summed E-state index contributed by atoms with van der Waals surface area (Å²) in [5.74, 6) is 1.05. The second-order valence-electron chi connectivity index (χ2n) is 3.61. The van der Waals surface area contributed by atoms with Crippen molar-refractivity contribution in [2.75, 3.05) is 11.1 Å². The van der Waals surface area contributed by atoms with Crippen LogP contribution < -0.4 is 11.1 Å². The molecule has 2 aromatic heterocycles. The van der Waals surface area contributed by atoms with E-state index in [-0.39, 0.29) is 0 Å². The molecule has 3 aromatic rings. The number of hydrogen-bond donors (Lipinski definition) is 2. The Labute approximate surface area is 111 Å². The molecule has 0 aliphatic rings. The van der Waals surface area contributed by atoms with Gasteiger partial charge in [0.2, 0.25) is 0 Å². The lowest BCUT2D eigenvalue weighted by atomic mass is 10.3. The standard InChI is InChI=1S/C12H10N4O.C2H6/c13-11-9-6-7-10(15-12(9)17-16-11)14-8-4-2-1-3-5-8;1-2/h1-7H,(H2,13,16)(H,14,15);1-2H3. The average molecular weight is 256 g/mol. The molecule has 5 nitrogen and oxygen atoms in total. The van der Waals surface area contributed by atoms with Gasteiger partial charge in [-0.25, -0.2) is 0 Å². The molecule has 0 bridgehead atoms. The number of nitrogen functional groups attached to an aromatic ring is 1. The Kier molecular flexibility index (Phi) is 3.97. The van der Waals surface area contributed by atoms with Crippen LogP contribution in [-0.4, -0.2) is 10.1 Å². The summed E-state index contributed by atoms with van der Waals surface area (Å²) in [6, 6.07) is 13.4. The van der Waals surface area contributed by atoms with Crippen molar-refractivity contribution in [2.24, 2.45) is 0 Å². The SMILES string of the molecule is CC.Nc1noc2nc(Nc3ccccc3)ccc12. The van der Waals surface area contributed by atoms with Crippen molar-refractivity contribution in [3.05, 3.63) is 42.5 Å². The Morgan fingerprint density at radius 2 is 1.79 bits per heavy atom. The van der Waals surface area contributed by atoms with Crippen LogP contribution in [0.2, 0.25) is 0 Å². The number of nitrogens with one attached hydrogen (secondary N) is 1. The lowest BCUT2D eigenvalue weighted by Gasteiger charge is -2.03. The molecular weight excluding hydrogens is 240 g/mol. The maximum atomic E-state index is 5.61. The van der Waals surface area contributed by atoms with Crippen molar-refractivity contribution in [1.29, 1.82) is 0 Å². The third-order valence-corrected chi connectivity index (χ3v) is 2.41. The van der Waals surface area contributed by atoms with Gasteiger partial charge in [-0.1, -0.05) is 37.2 Å². The molecular formula is C14H16N4O. The number of anilines is 3. The minimum atomic E-state index is 0.360. The number of para-hydroxylation sites is 1. The molecule has 3 N–H and O–H groups in total. The van der Waals surface area contributed by atoms with Crippen molar-refractivity contribution in [1.82, 2.24) is 10.1 Å². The van der Waals surface area contributed by atoms with E-state index in [1.807, 2.05) is 56.3 Å². The number of benzene rings is 1. The summed E-state index contributed by atoms with van der Waals surface area (Å²) < 4.78 is 5.00. The number of nitrogens with zero attached hydrogens (tertiary/aromatic N) is 2. The zero-order chi connectivity index (χ0) is 13.7. The summed E-state index contributed by atoms with van der Waals surface area (Å²) in [7, 11) is 0. The van der Waals surface area contributed by atoms with Gasteiger partial charge in [0.05, 0.1) is 5.39 Å². The minimum Gasteiger partial charge on any atom is -0.380 e. The molecule has 0 amide bonds. The molecule has 1 aromatic carbocycles. The van der Waals surface area contributed by atoms with Crippen molar-refractivity contribution in [2.45, 2.75) is 13.8 Å². The van der Waals surface area contributed by atoms with Crippen LogP contribution in [0.1, 0.15) is 13.8 Å². The molecule has 0 atom stereocenters. The molecule has 2 heterocycles. The molecule has 0 unspecified atom stereocenters. The van der Waals surface area contributed by atoms with Gasteiger partial charge in [-0.2, -0.15) is 4.98 Å². The maximum absolute atomic E-state index is 5.61. The molecule has 3 rings (SSSR count). The molecule has 98 valence electrons. The van der Waals surface area contributed by atoms with Crippen LogP contribution in [0.5, 0.6) is 0 Å². The van der Waals surface area contributed by atoms with E-state index in [2.05, 4.69) is 15.5 Å². The van der Waals surface area contributed by atoms with E-state index in [1.165, 1.54) is 0 Å². The van der Waals surface area contributed by atoms with Crippen LogP contribution in [0.25, 0.3) is 11.1 Å². The topological polar surface area (TPSA) is 77.0 Å². The fraction of sp³-hybridized carbons (Fsp3) is 0.143. The second-order valence-corrected chi connectivity index (χ2v) is 3.61. The van der Waals surface area contributed by atoms with E-state index in [4.69, 9.17) is 10.3 Å². The Morgan fingerprint density at radius 1 is 1.05 bits per heavy atom. The second kappa shape index (κ2) is 5.86. The molecule has 5 heteroatoms. The first kappa shape index (κ1) is 12.9. The predicted octanol–water partition coefficient (Wildman–Crippen LogP) is 3.57. The Balaban J connectivity index is 0.000000637. The molecule has 0 aliphatic heterocycles. The number of aromatic nitrogens is 2. The molecule has 0 saturated carbocycles. The first-order chi connectivity index (χ1) is 9.33. The quantitative estimate of drug-likeness (QED) is 0.732. The molecule has 0 aliphatic carbocycles. The third kappa shape index (κ3) is 2.82. The van der Waals surface area contributed by atoms with Gasteiger partial charge in [-0.05, 0) is 24.3 Å². The van der Waals surface area contributed by atoms with Crippen molar-refractivity contribution >= 4 is 28.4 Å². The highest BCUT2D eigenvalue weighted by atomic mass is 16.5. The molecule has 0 fully saturated rings. The van der Waals surface area contributed by atoms with Gasteiger partial charge in [0, 0.05) is 5.69 Å². The van der Waals surface area contributed by atoms with Gasteiger partial charge in [-0.15, -0.1) is 0 Å². The molecule has 19 heavy (non-hydrogen) atoms. The first-order valence-electron chi connectivity index (χ1n) is 6.17. The van der Waals surface area contributed by atoms with Crippen LogP contribution in [-0.2, 0) is 0 Å². The van der Waals surface area contributed by atoms with Crippen LogP contribution >= 0.6 is 0 Å². The highest BCUT2D eigenvalue weighted by molar-refractivity contribution is 5.85. The maximum Gasteiger partial charge on any atom is 0.261 e. The van der Waals surface area contributed by atoms with Crippen molar-refractivity contribution < 1.29 is 4.52 Å². The number of fused-ring (bicyclic) bond motifs is 1. The van der Waals surface area contributed by atoms with Crippen LogP contribution in [0.3, 0.4) is 0 Å². The summed E-state index contributed by atoms with van der Waals surface area (Å²) in [4.78, 5) is 4.27. The van der Waals surface area contributed by atoms with Gasteiger partial charge in [-0.3, -0.25) is 0 Å². The summed E-state index contributed by atoms with van der Waals surface area (Å²) in [6.07, 6.45) is 0. The van der Waals surface area contributed by atoms with Gasteiger partial charge in [0.25, 0.3) is 5.71 Å². The Morgan fingerprint density at radius 3 is 2.53 bits per heavy atom. The van der Waals surface area contributed by atoms with E-state index in [0.29, 0.717) is 17.3 Å². The highest BCUT2D eigenvalue weighted by Crippen LogP contribution is 2.22. The van der Waals surface area contributed by atoms with Crippen LogP contribution in [0, 0.1) is 0 Å². The molecule has 0 spiro atoms.